The molecule has 0 spiro atoms. The van der Waals surface area contributed by atoms with Gasteiger partial charge in [-0.1, -0.05) is 20.3 Å². The van der Waals surface area contributed by atoms with Crippen molar-refractivity contribution in [3.05, 3.63) is 18.2 Å². The first-order valence-electron chi connectivity index (χ1n) is 5.40. The van der Waals surface area contributed by atoms with Gasteiger partial charge < -0.3 is 0 Å². The Morgan fingerprint density at radius 1 is 1.31 bits per heavy atom. The van der Waals surface area contributed by atoms with Crippen molar-refractivity contribution in [1.29, 1.82) is 0 Å². The lowest BCUT2D eigenvalue weighted by Gasteiger charge is -2.00. The van der Waals surface area contributed by atoms with Crippen LogP contribution in [0.4, 0.5) is 0 Å². The van der Waals surface area contributed by atoms with Crippen LogP contribution in [0, 0.1) is 0 Å². The SMILES string of the molecule is CCCC[n+]1ccn(CC)c1CC. The Labute approximate surface area is 81.2 Å². The lowest BCUT2D eigenvalue weighted by atomic mass is 10.3. The minimum atomic E-state index is 1.09. The maximum absolute atomic E-state index is 2.38. The molecule has 0 amide bonds. The Kier molecular flexibility index (Phi) is 4.00. The molecule has 0 bridgehead atoms. The van der Waals surface area contributed by atoms with Crippen molar-refractivity contribution in [2.45, 2.75) is 53.1 Å². The molecule has 0 radical (unpaired) electrons. The van der Waals surface area contributed by atoms with Crippen molar-refractivity contribution in [2.24, 2.45) is 0 Å². The number of imidazole rings is 1. The van der Waals surface area contributed by atoms with E-state index in [0.29, 0.717) is 0 Å². The molecule has 1 aromatic rings. The second-order valence-electron chi connectivity index (χ2n) is 3.40. The molecule has 2 heteroatoms. The molecule has 0 aliphatic rings. The van der Waals surface area contributed by atoms with E-state index in [4.69, 9.17) is 0 Å². The Hall–Kier alpha value is -0.790. The first-order chi connectivity index (χ1) is 6.33. The smallest absolute Gasteiger partial charge is 0.235 e. The maximum atomic E-state index is 2.38. The predicted molar refractivity (Wildman–Crippen MR) is 54.6 cm³/mol. The summed E-state index contributed by atoms with van der Waals surface area (Å²) < 4.78 is 4.71. The molecule has 0 aromatic carbocycles. The van der Waals surface area contributed by atoms with Crippen LogP contribution in [0.25, 0.3) is 0 Å². The van der Waals surface area contributed by atoms with Gasteiger partial charge in [-0.05, 0) is 13.3 Å². The molecule has 13 heavy (non-hydrogen) atoms. The minimum Gasteiger partial charge on any atom is -0.235 e. The standard InChI is InChI=1S/C11H21N2/c1-4-7-8-13-10-9-12(6-3)11(13)5-2/h9-10H,4-8H2,1-3H3/q+1. The molecule has 74 valence electrons. The van der Waals surface area contributed by atoms with E-state index in [2.05, 4.69) is 42.3 Å². The predicted octanol–water partition coefficient (Wildman–Crippen LogP) is 2.16. The first-order valence-corrected chi connectivity index (χ1v) is 5.40. The zero-order chi connectivity index (χ0) is 9.68. The quantitative estimate of drug-likeness (QED) is 0.616. The van der Waals surface area contributed by atoms with Gasteiger partial charge in [0, 0.05) is 6.42 Å². The third-order valence-electron chi connectivity index (χ3n) is 2.50. The number of hydrogen-bond acceptors (Lipinski definition) is 0. The fourth-order valence-corrected chi connectivity index (χ4v) is 1.72. The van der Waals surface area contributed by atoms with Crippen LogP contribution in [0.15, 0.2) is 12.4 Å². The zero-order valence-electron chi connectivity index (χ0n) is 9.08. The Bertz CT molecular complexity index is 251. The van der Waals surface area contributed by atoms with Crippen LogP contribution in [0.1, 0.15) is 39.4 Å². The molecule has 1 aromatic heterocycles. The van der Waals surface area contributed by atoms with E-state index in [1.54, 1.807) is 0 Å². The van der Waals surface area contributed by atoms with Crippen molar-refractivity contribution in [2.75, 3.05) is 0 Å². The van der Waals surface area contributed by atoms with Crippen LogP contribution in [0.3, 0.4) is 0 Å². The van der Waals surface area contributed by atoms with E-state index in [9.17, 15) is 0 Å². The molecular weight excluding hydrogens is 160 g/mol. The normalized spacial score (nSPS) is 10.7. The number of aromatic nitrogens is 2. The van der Waals surface area contributed by atoms with E-state index in [0.717, 1.165) is 13.0 Å². The van der Waals surface area contributed by atoms with Gasteiger partial charge in [0.2, 0.25) is 0 Å². The lowest BCUT2D eigenvalue weighted by Crippen LogP contribution is -2.36. The molecule has 0 saturated heterocycles. The minimum absolute atomic E-state index is 1.09. The van der Waals surface area contributed by atoms with Gasteiger partial charge >= 0.3 is 0 Å². The highest BCUT2D eigenvalue weighted by atomic mass is 15.1. The van der Waals surface area contributed by atoms with Gasteiger partial charge in [-0.15, -0.1) is 0 Å². The maximum Gasteiger partial charge on any atom is 0.256 e. The zero-order valence-corrected chi connectivity index (χ0v) is 9.08. The van der Waals surface area contributed by atoms with Crippen LogP contribution in [-0.2, 0) is 19.5 Å². The van der Waals surface area contributed by atoms with Crippen LogP contribution in [0.5, 0.6) is 0 Å². The molecule has 0 aliphatic heterocycles. The fraction of sp³-hybridized carbons (Fsp3) is 0.727. The number of rotatable bonds is 5. The van der Waals surface area contributed by atoms with Crippen LogP contribution in [0.2, 0.25) is 0 Å². The van der Waals surface area contributed by atoms with E-state index in [-0.39, 0.29) is 0 Å². The fourth-order valence-electron chi connectivity index (χ4n) is 1.72. The molecule has 0 fully saturated rings. The highest BCUT2D eigenvalue weighted by Gasteiger charge is 2.12. The molecular formula is C11H21N2+. The van der Waals surface area contributed by atoms with E-state index in [1.165, 1.54) is 25.2 Å². The largest absolute Gasteiger partial charge is 0.256 e. The topological polar surface area (TPSA) is 8.81 Å². The summed E-state index contributed by atoms with van der Waals surface area (Å²) in [6.45, 7) is 8.92. The second-order valence-corrected chi connectivity index (χ2v) is 3.40. The third-order valence-corrected chi connectivity index (χ3v) is 2.50. The summed E-state index contributed by atoms with van der Waals surface area (Å²) in [7, 11) is 0. The molecule has 0 atom stereocenters. The summed E-state index contributed by atoms with van der Waals surface area (Å²) in [5.74, 6) is 1.45. The van der Waals surface area contributed by atoms with Crippen molar-refractivity contribution in [1.82, 2.24) is 4.57 Å². The van der Waals surface area contributed by atoms with Gasteiger partial charge in [-0.25, -0.2) is 9.13 Å². The highest BCUT2D eigenvalue weighted by Crippen LogP contribution is 1.98. The summed E-state index contributed by atoms with van der Waals surface area (Å²) in [6, 6.07) is 0. The monoisotopic (exact) mass is 181 g/mol. The van der Waals surface area contributed by atoms with E-state index < -0.39 is 0 Å². The average molecular weight is 181 g/mol. The van der Waals surface area contributed by atoms with E-state index >= 15 is 0 Å². The molecule has 1 rings (SSSR count). The lowest BCUT2D eigenvalue weighted by molar-refractivity contribution is -0.704. The highest BCUT2D eigenvalue weighted by molar-refractivity contribution is 4.82. The van der Waals surface area contributed by atoms with Gasteiger partial charge in [0.05, 0.1) is 13.1 Å². The second kappa shape index (κ2) is 5.05. The van der Waals surface area contributed by atoms with Crippen molar-refractivity contribution in [3.63, 3.8) is 0 Å². The summed E-state index contributed by atoms with van der Waals surface area (Å²) in [5.41, 5.74) is 0. The first kappa shape index (κ1) is 10.3. The molecule has 2 nitrogen and oxygen atoms in total. The molecule has 1 heterocycles. The molecule has 0 unspecified atom stereocenters. The van der Waals surface area contributed by atoms with Crippen LogP contribution >= 0.6 is 0 Å². The number of hydrogen-bond donors (Lipinski definition) is 0. The summed E-state index contributed by atoms with van der Waals surface area (Å²) in [6.07, 6.45) is 8.08. The van der Waals surface area contributed by atoms with Gasteiger partial charge in [-0.3, -0.25) is 0 Å². The van der Waals surface area contributed by atoms with Gasteiger partial charge in [-0.2, -0.15) is 0 Å². The Balaban J connectivity index is 2.75. The van der Waals surface area contributed by atoms with Crippen molar-refractivity contribution < 1.29 is 4.57 Å². The number of unbranched alkanes of at least 4 members (excludes halogenated alkanes) is 1. The van der Waals surface area contributed by atoms with Crippen molar-refractivity contribution >= 4 is 0 Å². The number of aryl methyl sites for hydroxylation is 2. The summed E-state index contributed by atoms with van der Waals surface area (Å²) in [5, 5.41) is 0. The molecule has 0 aliphatic carbocycles. The van der Waals surface area contributed by atoms with Gasteiger partial charge in [0.25, 0.3) is 5.82 Å². The summed E-state index contributed by atoms with van der Waals surface area (Å²) >= 11 is 0. The van der Waals surface area contributed by atoms with Crippen LogP contribution in [-0.4, -0.2) is 4.57 Å². The Morgan fingerprint density at radius 3 is 2.62 bits per heavy atom. The van der Waals surface area contributed by atoms with Crippen LogP contribution < -0.4 is 4.57 Å². The van der Waals surface area contributed by atoms with E-state index in [1.807, 2.05) is 0 Å². The third kappa shape index (κ3) is 2.33. The van der Waals surface area contributed by atoms with Crippen molar-refractivity contribution in [3.8, 4) is 0 Å². The molecule has 0 N–H and O–H groups in total. The average Bonchev–Trinajstić information content (AvgIpc) is 2.56. The number of nitrogens with zero attached hydrogens (tertiary/aromatic N) is 2. The Morgan fingerprint density at radius 2 is 2.08 bits per heavy atom. The van der Waals surface area contributed by atoms with Gasteiger partial charge in [0.15, 0.2) is 0 Å². The van der Waals surface area contributed by atoms with Gasteiger partial charge in [0.1, 0.15) is 12.4 Å². The molecule has 0 saturated carbocycles. The summed E-state index contributed by atoms with van der Waals surface area (Å²) in [4.78, 5) is 0.